The van der Waals surface area contributed by atoms with Crippen LogP contribution < -0.4 is 0 Å². The van der Waals surface area contributed by atoms with E-state index in [0.717, 1.165) is 60.6 Å². The third-order valence-corrected chi connectivity index (χ3v) is 10.8. The van der Waals surface area contributed by atoms with Gasteiger partial charge in [-0.05, 0) is 137 Å². The highest BCUT2D eigenvalue weighted by Gasteiger charge is 2.31. The second kappa shape index (κ2) is 13.5. The molecule has 188 valence electrons. The van der Waals surface area contributed by atoms with Crippen molar-refractivity contribution in [3.8, 4) is 0 Å². The van der Waals surface area contributed by atoms with Crippen molar-refractivity contribution in [3.05, 3.63) is 25.3 Å². The summed E-state index contributed by atoms with van der Waals surface area (Å²) >= 11 is 0. The highest BCUT2D eigenvalue weighted by Crippen LogP contribution is 2.43. The van der Waals surface area contributed by atoms with Crippen molar-refractivity contribution in [3.63, 3.8) is 0 Å². The number of rotatable bonds is 10. The van der Waals surface area contributed by atoms with E-state index in [4.69, 9.17) is 4.74 Å². The summed E-state index contributed by atoms with van der Waals surface area (Å²) in [5.41, 5.74) is 0. The first-order valence-corrected chi connectivity index (χ1v) is 15.1. The molecule has 4 fully saturated rings. The van der Waals surface area contributed by atoms with E-state index in [1.165, 1.54) is 116 Å². The Hall–Kier alpha value is -0.560. The molecular formula is C32H54O. The zero-order valence-electron chi connectivity index (χ0n) is 21.7. The van der Waals surface area contributed by atoms with Gasteiger partial charge in [-0.1, -0.05) is 37.8 Å². The molecule has 1 heteroatoms. The van der Waals surface area contributed by atoms with Crippen molar-refractivity contribution in [1.29, 1.82) is 0 Å². The van der Waals surface area contributed by atoms with Gasteiger partial charge < -0.3 is 4.74 Å². The van der Waals surface area contributed by atoms with E-state index in [0.29, 0.717) is 0 Å². The molecule has 0 spiro atoms. The summed E-state index contributed by atoms with van der Waals surface area (Å²) in [6.45, 7) is 10.1. The van der Waals surface area contributed by atoms with Crippen LogP contribution in [0.25, 0.3) is 0 Å². The Balaban J connectivity index is 1.00. The Bertz CT molecular complexity index is 499. The minimum absolute atomic E-state index is 0.812. The molecule has 0 aliphatic heterocycles. The molecule has 0 bridgehead atoms. The largest absolute Gasteiger partial charge is 0.381 e. The molecule has 4 aliphatic rings. The van der Waals surface area contributed by atoms with Crippen LogP contribution in [-0.4, -0.2) is 13.2 Å². The first kappa shape index (κ1) is 25.5. The quantitative estimate of drug-likeness (QED) is 0.236. The highest BCUT2D eigenvalue weighted by molar-refractivity contribution is 4.88. The number of hydrogen-bond donors (Lipinski definition) is 0. The van der Waals surface area contributed by atoms with E-state index in [9.17, 15) is 0 Å². The lowest BCUT2D eigenvalue weighted by Gasteiger charge is -2.37. The summed E-state index contributed by atoms with van der Waals surface area (Å²) in [6, 6.07) is 0. The van der Waals surface area contributed by atoms with Gasteiger partial charge in [0.2, 0.25) is 0 Å². The Labute approximate surface area is 206 Å². The van der Waals surface area contributed by atoms with Crippen LogP contribution in [0, 0.1) is 47.3 Å². The van der Waals surface area contributed by atoms with E-state index < -0.39 is 0 Å². The van der Waals surface area contributed by atoms with Crippen LogP contribution in [0.15, 0.2) is 25.3 Å². The second-order valence-corrected chi connectivity index (χ2v) is 12.6. The van der Waals surface area contributed by atoms with Crippen LogP contribution in [-0.2, 0) is 4.74 Å². The van der Waals surface area contributed by atoms with Crippen molar-refractivity contribution in [1.82, 2.24) is 0 Å². The molecule has 0 aromatic rings. The average molecular weight is 455 g/mol. The molecule has 0 amide bonds. The average Bonchev–Trinajstić information content (AvgIpc) is 2.89. The number of ether oxygens (including phenoxy) is 1. The van der Waals surface area contributed by atoms with Gasteiger partial charge in [-0.3, -0.25) is 0 Å². The highest BCUT2D eigenvalue weighted by atomic mass is 16.5. The summed E-state index contributed by atoms with van der Waals surface area (Å²) in [6.07, 6.45) is 30.3. The van der Waals surface area contributed by atoms with Crippen LogP contribution in [0.2, 0.25) is 0 Å². The molecule has 33 heavy (non-hydrogen) atoms. The second-order valence-electron chi connectivity index (χ2n) is 12.6. The van der Waals surface area contributed by atoms with Crippen LogP contribution in [0.3, 0.4) is 0 Å². The zero-order valence-corrected chi connectivity index (χ0v) is 21.7. The Morgan fingerprint density at radius 1 is 0.455 bits per heavy atom. The normalized spacial score (nSPS) is 40.2. The van der Waals surface area contributed by atoms with E-state index in [1.54, 1.807) is 0 Å². The van der Waals surface area contributed by atoms with Gasteiger partial charge in [0.1, 0.15) is 0 Å². The van der Waals surface area contributed by atoms with Gasteiger partial charge in [-0.2, -0.15) is 0 Å². The van der Waals surface area contributed by atoms with E-state index in [2.05, 4.69) is 25.3 Å². The van der Waals surface area contributed by atoms with Gasteiger partial charge in [0.25, 0.3) is 0 Å². The van der Waals surface area contributed by atoms with Gasteiger partial charge >= 0.3 is 0 Å². The van der Waals surface area contributed by atoms with Gasteiger partial charge in [-0.25, -0.2) is 0 Å². The molecule has 0 unspecified atom stereocenters. The van der Waals surface area contributed by atoms with Crippen molar-refractivity contribution < 1.29 is 4.74 Å². The van der Waals surface area contributed by atoms with Gasteiger partial charge in [0.05, 0.1) is 0 Å². The lowest BCUT2D eigenvalue weighted by Crippen LogP contribution is -2.26. The third-order valence-electron chi connectivity index (χ3n) is 10.8. The predicted molar refractivity (Wildman–Crippen MR) is 142 cm³/mol. The van der Waals surface area contributed by atoms with Gasteiger partial charge in [-0.15, -0.1) is 13.2 Å². The van der Waals surface area contributed by atoms with E-state index >= 15 is 0 Å². The van der Waals surface area contributed by atoms with Gasteiger partial charge in [0, 0.05) is 13.2 Å². The number of hydrogen-bond acceptors (Lipinski definition) is 1. The molecule has 0 saturated heterocycles. The fraction of sp³-hybridized carbons (Fsp3) is 0.875. The maximum atomic E-state index is 6.15. The molecule has 1 nitrogen and oxygen atoms in total. The molecule has 0 radical (unpaired) electrons. The fourth-order valence-corrected chi connectivity index (χ4v) is 8.20. The van der Waals surface area contributed by atoms with Crippen molar-refractivity contribution in [2.75, 3.05) is 13.2 Å². The first-order chi connectivity index (χ1) is 16.2. The Morgan fingerprint density at radius 3 is 1.06 bits per heavy atom. The summed E-state index contributed by atoms with van der Waals surface area (Å²) in [5, 5.41) is 0. The lowest BCUT2D eigenvalue weighted by atomic mass is 9.69. The van der Waals surface area contributed by atoms with Crippen molar-refractivity contribution in [2.24, 2.45) is 47.3 Å². The summed E-state index contributed by atoms with van der Waals surface area (Å²) < 4.78 is 6.15. The molecular weight excluding hydrogens is 400 g/mol. The van der Waals surface area contributed by atoms with Gasteiger partial charge in [0.15, 0.2) is 0 Å². The predicted octanol–water partition coefficient (Wildman–Crippen LogP) is 9.38. The minimum Gasteiger partial charge on any atom is -0.381 e. The van der Waals surface area contributed by atoms with Crippen molar-refractivity contribution >= 4 is 0 Å². The maximum absolute atomic E-state index is 6.15. The molecule has 0 heterocycles. The molecule has 0 N–H and O–H groups in total. The molecule has 4 rings (SSSR count). The summed E-state index contributed by atoms with van der Waals surface area (Å²) in [7, 11) is 0. The topological polar surface area (TPSA) is 9.23 Å². The molecule has 0 atom stereocenters. The first-order valence-electron chi connectivity index (χ1n) is 15.1. The van der Waals surface area contributed by atoms with E-state index in [1.807, 2.05) is 0 Å². The number of allylic oxidation sites excluding steroid dienone is 2. The zero-order chi connectivity index (χ0) is 22.9. The maximum Gasteiger partial charge on any atom is 0.0468 e. The Kier molecular flexibility index (Phi) is 10.5. The SMILES string of the molecule is C=CC1CCC(C2CCC(CCOCCC3CCC(C4CCC(C=C)CC4)CC3)CC2)CC1. The van der Waals surface area contributed by atoms with Crippen molar-refractivity contribution in [2.45, 2.75) is 116 Å². The summed E-state index contributed by atoms with van der Waals surface area (Å²) in [4.78, 5) is 0. The monoisotopic (exact) mass is 454 g/mol. The summed E-state index contributed by atoms with van der Waals surface area (Å²) in [5.74, 6) is 7.61. The fourth-order valence-electron chi connectivity index (χ4n) is 8.20. The van der Waals surface area contributed by atoms with E-state index in [-0.39, 0.29) is 0 Å². The minimum atomic E-state index is 0.812. The molecule has 0 aromatic heterocycles. The van der Waals surface area contributed by atoms with Crippen LogP contribution >= 0.6 is 0 Å². The van der Waals surface area contributed by atoms with Crippen LogP contribution in [0.1, 0.15) is 116 Å². The molecule has 4 saturated carbocycles. The third kappa shape index (κ3) is 7.71. The lowest BCUT2D eigenvalue weighted by molar-refractivity contribution is 0.0804. The molecule has 4 aliphatic carbocycles. The molecule has 0 aromatic carbocycles. The smallest absolute Gasteiger partial charge is 0.0468 e. The standard InChI is InChI=1S/C32H54O/c1-3-25-5-13-29(14-6-25)31-17-9-27(10-18-31)21-23-33-24-22-28-11-19-32(20-12-28)30-15-7-26(4-2)8-16-30/h3-4,25-32H,1-2,5-24H2. The van der Waals surface area contributed by atoms with Crippen LogP contribution in [0.4, 0.5) is 0 Å². The Morgan fingerprint density at radius 2 is 0.758 bits per heavy atom. The van der Waals surface area contributed by atoms with Crippen LogP contribution in [0.5, 0.6) is 0 Å².